The van der Waals surface area contributed by atoms with Crippen molar-refractivity contribution in [2.75, 3.05) is 26.3 Å². The largest absolute Gasteiger partial charge is 0.486 e. The molecule has 1 amide bonds. The zero-order chi connectivity index (χ0) is 17.4. The van der Waals surface area contributed by atoms with Crippen molar-refractivity contribution < 1.29 is 19.4 Å². The molecule has 142 valence electrons. The number of carbonyl (C=O) groups is 1. The number of benzene rings is 1. The van der Waals surface area contributed by atoms with Crippen molar-refractivity contribution in [1.29, 1.82) is 0 Å². The number of rotatable bonds is 9. The average Bonchev–Trinajstić information content (AvgIpc) is 2.59. The lowest BCUT2D eigenvalue weighted by Gasteiger charge is -2.21. The number of aliphatic hydroxyl groups excluding tert-OH is 1. The van der Waals surface area contributed by atoms with Gasteiger partial charge in [0.2, 0.25) is 5.91 Å². The lowest BCUT2D eigenvalue weighted by Crippen LogP contribution is -2.28. The van der Waals surface area contributed by atoms with Gasteiger partial charge in [-0.05, 0) is 37.1 Å². The van der Waals surface area contributed by atoms with Crippen molar-refractivity contribution in [3.05, 3.63) is 22.7 Å². The number of nitrogens with two attached hydrogens (primary N) is 1. The number of carbonyl (C=O) groups excluding carboxylic acids is 1. The Morgan fingerprint density at radius 3 is 2.72 bits per heavy atom. The smallest absolute Gasteiger partial charge is 0.220 e. The van der Waals surface area contributed by atoms with Gasteiger partial charge in [0, 0.05) is 13.0 Å². The van der Waals surface area contributed by atoms with Crippen molar-refractivity contribution in [3.8, 4) is 11.5 Å². The fraction of sp³-hybridized carbons (Fsp3) is 0.588. The van der Waals surface area contributed by atoms with E-state index < -0.39 is 6.10 Å². The summed E-state index contributed by atoms with van der Waals surface area (Å²) in [6.45, 7) is 1.73. The van der Waals surface area contributed by atoms with E-state index in [0.717, 1.165) is 25.7 Å². The van der Waals surface area contributed by atoms with Crippen LogP contribution in [-0.4, -0.2) is 37.3 Å². The summed E-state index contributed by atoms with van der Waals surface area (Å²) >= 11 is 6.15. The Hall–Kier alpha value is -1.21. The molecule has 0 spiro atoms. The third-order valence-corrected chi connectivity index (χ3v) is 4.14. The van der Waals surface area contributed by atoms with Gasteiger partial charge in [-0.25, -0.2) is 0 Å². The minimum Gasteiger partial charge on any atom is -0.486 e. The van der Waals surface area contributed by atoms with Gasteiger partial charge in [-0.15, -0.1) is 12.4 Å². The van der Waals surface area contributed by atoms with E-state index in [-0.39, 0.29) is 24.9 Å². The van der Waals surface area contributed by atoms with Gasteiger partial charge in [-0.3, -0.25) is 4.79 Å². The van der Waals surface area contributed by atoms with Gasteiger partial charge in [-0.2, -0.15) is 0 Å². The molecular formula is C17H26Cl2N2O4. The summed E-state index contributed by atoms with van der Waals surface area (Å²) in [4.78, 5) is 11.8. The molecule has 4 N–H and O–H groups in total. The van der Waals surface area contributed by atoms with Gasteiger partial charge in [0.15, 0.2) is 11.5 Å². The number of halogens is 2. The Kier molecular flexibility index (Phi) is 9.97. The van der Waals surface area contributed by atoms with Crippen molar-refractivity contribution in [3.63, 3.8) is 0 Å². The van der Waals surface area contributed by atoms with Crippen LogP contribution in [0.15, 0.2) is 12.1 Å². The first-order chi connectivity index (χ1) is 11.6. The van der Waals surface area contributed by atoms with E-state index in [2.05, 4.69) is 5.32 Å². The van der Waals surface area contributed by atoms with Gasteiger partial charge >= 0.3 is 0 Å². The van der Waals surface area contributed by atoms with E-state index in [1.807, 2.05) is 0 Å². The van der Waals surface area contributed by atoms with Gasteiger partial charge in [0.1, 0.15) is 13.2 Å². The first kappa shape index (κ1) is 21.8. The van der Waals surface area contributed by atoms with E-state index >= 15 is 0 Å². The molecule has 0 fully saturated rings. The molecule has 0 radical (unpaired) electrons. The highest BCUT2D eigenvalue weighted by Gasteiger charge is 2.19. The third kappa shape index (κ3) is 6.90. The zero-order valence-corrected chi connectivity index (χ0v) is 15.7. The number of unbranched alkanes of at least 4 members (excludes halogenated alkanes) is 3. The van der Waals surface area contributed by atoms with Crippen LogP contribution in [0.5, 0.6) is 11.5 Å². The first-order valence-electron chi connectivity index (χ1n) is 8.35. The van der Waals surface area contributed by atoms with Crippen molar-refractivity contribution >= 4 is 29.9 Å². The Labute approximate surface area is 159 Å². The van der Waals surface area contributed by atoms with Crippen LogP contribution in [0.1, 0.15) is 43.8 Å². The molecule has 1 atom stereocenters. The molecule has 6 nitrogen and oxygen atoms in total. The molecule has 1 aromatic carbocycles. The molecule has 0 saturated carbocycles. The molecular weight excluding hydrogens is 367 g/mol. The second-order valence-corrected chi connectivity index (χ2v) is 6.21. The lowest BCUT2D eigenvalue weighted by molar-refractivity contribution is -0.121. The topological polar surface area (TPSA) is 93.8 Å². The van der Waals surface area contributed by atoms with E-state index in [4.69, 9.17) is 26.8 Å². The van der Waals surface area contributed by atoms with Crippen LogP contribution in [0.25, 0.3) is 0 Å². The van der Waals surface area contributed by atoms with E-state index in [1.54, 1.807) is 12.1 Å². The Balaban J connectivity index is 0.00000312. The molecule has 1 aliphatic rings. The fourth-order valence-electron chi connectivity index (χ4n) is 2.52. The van der Waals surface area contributed by atoms with Crippen LogP contribution in [0, 0.1) is 0 Å². The van der Waals surface area contributed by atoms with Gasteiger partial charge in [0.25, 0.3) is 0 Å². The average molecular weight is 393 g/mol. The van der Waals surface area contributed by atoms with Crippen LogP contribution in [-0.2, 0) is 4.79 Å². The quantitative estimate of drug-likeness (QED) is 0.561. The van der Waals surface area contributed by atoms with Crippen molar-refractivity contribution in [1.82, 2.24) is 5.32 Å². The lowest BCUT2D eigenvalue weighted by atomic mass is 10.1. The predicted molar refractivity (Wildman–Crippen MR) is 99.8 cm³/mol. The summed E-state index contributed by atoms with van der Waals surface area (Å²) in [7, 11) is 0. The standard InChI is InChI=1S/C17H25ClN2O4.ClH/c18-13-9-12(10-15-17(13)24-8-7-23-15)14(21)11-20-16(22)5-3-1-2-4-6-19;/h9-10,14,21H,1-8,11,19H2,(H,20,22);1H. The summed E-state index contributed by atoms with van der Waals surface area (Å²) in [5.74, 6) is 0.958. The monoisotopic (exact) mass is 392 g/mol. The molecule has 1 aliphatic heterocycles. The number of hydrogen-bond donors (Lipinski definition) is 3. The van der Waals surface area contributed by atoms with Crippen molar-refractivity contribution in [2.45, 2.75) is 38.2 Å². The summed E-state index contributed by atoms with van der Waals surface area (Å²) in [5, 5.41) is 13.4. The van der Waals surface area contributed by atoms with E-state index in [1.165, 1.54) is 0 Å². The van der Waals surface area contributed by atoms with E-state index in [0.29, 0.717) is 48.3 Å². The molecule has 0 aliphatic carbocycles. The van der Waals surface area contributed by atoms with Crippen LogP contribution < -0.4 is 20.5 Å². The molecule has 25 heavy (non-hydrogen) atoms. The third-order valence-electron chi connectivity index (χ3n) is 3.85. The molecule has 0 saturated heterocycles. The maximum atomic E-state index is 11.8. The molecule has 1 unspecified atom stereocenters. The number of amides is 1. The number of hydrogen-bond acceptors (Lipinski definition) is 5. The first-order valence-corrected chi connectivity index (χ1v) is 8.73. The molecule has 0 aromatic heterocycles. The van der Waals surface area contributed by atoms with Gasteiger partial charge < -0.3 is 25.6 Å². The minimum atomic E-state index is -0.848. The minimum absolute atomic E-state index is 0. The van der Waals surface area contributed by atoms with Crippen LogP contribution in [0.2, 0.25) is 5.02 Å². The van der Waals surface area contributed by atoms with Crippen molar-refractivity contribution in [2.24, 2.45) is 5.73 Å². The fourth-order valence-corrected chi connectivity index (χ4v) is 2.80. The number of aliphatic hydroxyl groups is 1. The zero-order valence-electron chi connectivity index (χ0n) is 14.1. The van der Waals surface area contributed by atoms with Gasteiger partial charge in [-0.1, -0.05) is 24.4 Å². The number of fused-ring (bicyclic) bond motifs is 1. The highest BCUT2D eigenvalue weighted by Crippen LogP contribution is 2.39. The molecule has 1 aromatic rings. The maximum absolute atomic E-state index is 11.8. The highest BCUT2D eigenvalue weighted by atomic mass is 35.5. The van der Waals surface area contributed by atoms with Gasteiger partial charge in [0.05, 0.1) is 11.1 Å². The normalized spacial score (nSPS) is 13.7. The van der Waals surface area contributed by atoms with E-state index in [9.17, 15) is 9.90 Å². The molecule has 1 heterocycles. The highest BCUT2D eigenvalue weighted by molar-refractivity contribution is 6.32. The SMILES string of the molecule is Cl.NCCCCCCC(=O)NCC(O)c1cc(Cl)c2c(c1)OCCO2. The molecule has 0 bridgehead atoms. The summed E-state index contributed by atoms with van der Waals surface area (Å²) < 4.78 is 10.9. The Morgan fingerprint density at radius 1 is 1.24 bits per heavy atom. The predicted octanol–water partition coefficient (Wildman–Crippen LogP) is 2.59. The van der Waals surface area contributed by atoms with Crippen LogP contribution in [0.3, 0.4) is 0 Å². The Bertz CT molecular complexity index is 558. The van der Waals surface area contributed by atoms with Crippen LogP contribution in [0.4, 0.5) is 0 Å². The number of nitrogens with one attached hydrogen (secondary N) is 1. The van der Waals surface area contributed by atoms with Crippen LogP contribution >= 0.6 is 24.0 Å². The second-order valence-electron chi connectivity index (χ2n) is 5.80. The molecule has 8 heteroatoms. The maximum Gasteiger partial charge on any atom is 0.220 e. The number of ether oxygens (including phenoxy) is 2. The summed E-state index contributed by atoms with van der Waals surface area (Å²) in [6.07, 6.45) is 3.47. The Morgan fingerprint density at radius 2 is 1.96 bits per heavy atom. The summed E-state index contributed by atoms with van der Waals surface area (Å²) in [6, 6.07) is 3.34. The summed E-state index contributed by atoms with van der Waals surface area (Å²) in [5.41, 5.74) is 6.02. The molecule has 2 rings (SSSR count). The second kappa shape index (κ2) is 11.4.